The minimum atomic E-state index is 0.297. The standard InChI is InChI=1S/C11H16N6/c1-6-7(2)12-8(3)17-5-9(4-10(6)17)11-13-15-16-14-11/h7,9H,4-5H2,1-3H3,(H,13,14,15,16)/t7-,9+/m0/s1. The minimum absolute atomic E-state index is 0.297. The first-order valence-corrected chi connectivity index (χ1v) is 5.91. The normalized spacial score (nSPS) is 28.4. The van der Waals surface area contributed by atoms with Crippen LogP contribution in [0.4, 0.5) is 0 Å². The molecule has 0 amide bonds. The molecule has 1 fully saturated rings. The topological polar surface area (TPSA) is 70.1 Å². The molecule has 3 rings (SSSR count). The maximum absolute atomic E-state index is 4.64. The molecule has 0 aliphatic carbocycles. The number of allylic oxidation sites excluding steroid dienone is 1. The smallest absolute Gasteiger partial charge is 0.179 e. The first-order chi connectivity index (χ1) is 8.16. The summed E-state index contributed by atoms with van der Waals surface area (Å²) in [5.41, 5.74) is 2.75. The van der Waals surface area contributed by atoms with Crippen LogP contribution in [0.2, 0.25) is 0 Å². The van der Waals surface area contributed by atoms with E-state index >= 15 is 0 Å². The number of hydrogen-bond donors (Lipinski definition) is 1. The molecule has 2 aliphatic rings. The fourth-order valence-corrected chi connectivity index (χ4v) is 2.64. The largest absolute Gasteiger partial charge is 0.333 e. The van der Waals surface area contributed by atoms with Crippen molar-refractivity contribution >= 4 is 5.84 Å². The van der Waals surface area contributed by atoms with Crippen molar-refractivity contribution in [3.8, 4) is 0 Å². The van der Waals surface area contributed by atoms with Crippen LogP contribution in [-0.4, -0.2) is 43.9 Å². The van der Waals surface area contributed by atoms with Gasteiger partial charge in [-0.25, -0.2) is 0 Å². The van der Waals surface area contributed by atoms with Crippen LogP contribution in [-0.2, 0) is 0 Å². The minimum Gasteiger partial charge on any atom is -0.333 e. The maximum Gasteiger partial charge on any atom is 0.179 e. The van der Waals surface area contributed by atoms with Crippen molar-refractivity contribution in [3.63, 3.8) is 0 Å². The van der Waals surface area contributed by atoms with Crippen molar-refractivity contribution in [2.45, 2.75) is 39.2 Å². The molecule has 17 heavy (non-hydrogen) atoms. The van der Waals surface area contributed by atoms with E-state index in [9.17, 15) is 0 Å². The Bertz CT molecular complexity index is 486. The van der Waals surface area contributed by atoms with Gasteiger partial charge in [0.15, 0.2) is 5.82 Å². The second-order valence-corrected chi connectivity index (χ2v) is 4.76. The van der Waals surface area contributed by atoms with Gasteiger partial charge in [0, 0.05) is 18.2 Å². The average Bonchev–Trinajstić information content (AvgIpc) is 2.94. The number of fused-ring (bicyclic) bond motifs is 1. The van der Waals surface area contributed by atoms with Crippen LogP contribution < -0.4 is 0 Å². The predicted octanol–water partition coefficient (Wildman–Crippen LogP) is 1.08. The summed E-state index contributed by atoms with van der Waals surface area (Å²) in [6.07, 6.45) is 0.989. The molecule has 1 N–H and O–H groups in total. The molecule has 2 aliphatic heterocycles. The van der Waals surface area contributed by atoms with E-state index in [1.165, 1.54) is 11.3 Å². The third-order valence-corrected chi connectivity index (χ3v) is 3.75. The maximum atomic E-state index is 4.64. The first-order valence-electron chi connectivity index (χ1n) is 5.91. The summed E-state index contributed by atoms with van der Waals surface area (Å²) in [6, 6.07) is 0.297. The van der Waals surface area contributed by atoms with Gasteiger partial charge in [-0.15, -0.1) is 10.2 Å². The summed E-state index contributed by atoms with van der Waals surface area (Å²) in [5.74, 6) is 2.23. The van der Waals surface area contributed by atoms with Gasteiger partial charge in [0.1, 0.15) is 5.84 Å². The molecule has 6 heteroatoms. The lowest BCUT2D eigenvalue weighted by Crippen LogP contribution is -2.31. The van der Waals surface area contributed by atoms with Crippen LogP contribution in [0.1, 0.15) is 38.9 Å². The number of nitrogens with one attached hydrogen (secondary N) is 1. The molecule has 1 saturated heterocycles. The van der Waals surface area contributed by atoms with E-state index in [4.69, 9.17) is 0 Å². The molecule has 0 aromatic carbocycles. The molecule has 3 heterocycles. The average molecular weight is 232 g/mol. The molecular formula is C11H16N6. The second-order valence-electron chi connectivity index (χ2n) is 4.76. The zero-order valence-electron chi connectivity index (χ0n) is 10.3. The lowest BCUT2D eigenvalue weighted by atomic mass is 10.0. The molecule has 0 radical (unpaired) electrons. The van der Waals surface area contributed by atoms with Gasteiger partial charge in [0.2, 0.25) is 0 Å². The Morgan fingerprint density at radius 2 is 2.18 bits per heavy atom. The first kappa shape index (κ1) is 10.4. The Labute approximate surface area is 99.8 Å². The highest BCUT2D eigenvalue weighted by atomic mass is 15.5. The van der Waals surface area contributed by atoms with Crippen LogP contribution in [0.25, 0.3) is 0 Å². The number of tetrazole rings is 1. The molecule has 2 atom stereocenters. The lowest BCUT2D eigenvalue weighted by molar-refractivity contribution is 0.525. The number of hydrogen-bond acceptors (Lipinski definition) is 5. The monoisotopic (exact) mass is 232 g/mol. The van der Waals surface area contributed by atoms with E-state index in [2.05, 4.69) is 51.3 Å². The highest BCUT2D eigenvalue weighted by Gasteiger charge is 2.35. The number of aliphatic imine (C=N–C) groups is 1. The van der Waals surface area contributed by atoms with Gasteiger partial charge < -0.3 is 4.90 Å². The van der Waals surface area contributed by atoms with Crippen LogP contribution in [0.5, 0.6) is 0 Å². The Balaban J connectivity index is 1.93. The fraction of sp³-hybridized carbons (Fsp3) is 0.636. The fourth-order valence-electron chi connectivity index (χ4n) is 2.64. The number of amidine groups is 1. The highest BCUT2D eigenvalue weighted by Crippen LogP contribution is 2.37. The van der Waals surface area contributed by atoms with Gasteiger partial charge in [-0.05, 0) is 32.8 Å². The van der Waals surface area contributed by atoms with E-state index in [0.29, 0.717) is 12.0 Å². The molecule has 0 spiro atoms. The van der Waals surface area contributed by atoms with Crippen molar-refractivity contribution in [2.75, 3.05) is 6.54 Å². The molecule has 1 aromatic heterocycles. The zero-order valence-corrected chi connectivity index (χ0v) is 10.3. The van der Waals surface area contributed by atoms with Gasteiger partial charge in [-0.3, -0.25) is 4.99 Å². The quantitative estimate of drug-likeness (QED) is 0.786. The summed E-state index contributed by atoms with van der Waals surface area (Å²) in [5, 5.41) is 14.3. The Morgan fingerprint density at radius 1 is 1.35 bits per heavy atom. The molecule has 0 bridgehead atoms. The Kier molecular flexibility index (Phi) is 2.24. The third kappa shape index (κ3) is 1.55. The number of aromatic nitrogens is 4. The number of aromatic amines is 1. The Hall–Kier alpha value is -1.72. The van der Waals surface area contributed by atoms with Gasteiger partial charge in [0.25, 0.3) is 0 Å². The van der Waals surface area contributed by atoms with Crippen LogP contribution in [0, 0.1) is 0 Å². The second kappa shape index (κ2) is 3.65. The summed E-state index contributed by atoms with van der Waals surface area (Å²) in [4.78, 5) is 6.93. The lowest BCUT2D eigenvalue weighted by Gasteiger charge is -2.28. The summed E-state index contributed by atoms with van der Waals surface area (Å²) in [6.45, 7) is 7.29. The van der Waals surface area contributed by atoms with Crippen LogP contribution in [0.15, 0.2) is 16.3 Å². The van der Waals surface area contributed by atoms with E-state index in [-0.39, 0.29) is 0 Å². The molecular weight excluding hydrogens is 216 g/mol. The number of nitrogens with zero attached hydrogens (tertiary/aromatic N) is 5. The van der Waals surface area contributed by atoms with E-state index in [1.807, 2.05) is 0 Å². The van der Waals surface area contributed by atoms with Gasteiger partial charge in [-0.1, -0.05) is 5.21 Å². The molecule has 90 valence electrons. The number of H-pyrrole nitrogens is 1. The van der Waals surface area contributed by atoms with Gasteiger partial charge >= 0.3 is 0 Å². The van der Waals surface area contributed by atoms with E-state index in [1.54, 1.807) is 0 Å². The van der Waals surface area contributed by atoms with E-state index < -0.39 is 0 Å². The van der Waals surface area contributed by atoms with Crippen molar-refractivity contribution in [3.05, 3.63) is 17.1 Å². The number of rotatable bonds is 1. The van der Waals surface area contributed by atoms with Gasteiger partial charge in [0.05, 0.1) is 6.04 Å². The zero-order chi connectivity index (χ0) is 12.0. The molecule has 6 nitrogen and oxygen atoms in total. The SMILES string of the molecule is CC1=N[C@@H](C)C(C)=C2C[C@@H](c3nn[nH]n3)CN12. The Morgan fingerprint density at radius 3 is 2.88 bits per heavy atom. The highest BCUT2D eigenvalue weighted by molar-refractivity contribution is 5.83. The molecule has 0 unspecified atom stereocenters. The van der Waals surface area contributed by atoms with Crippen molar-refractivity contribution in [1.82, 2.24) is 25.5 Å². The van der Waals surface area contributed by atoms with Crippen LogP contribution in [0.3, 0.4) is 0 Å². The van der Waals surface area contributed by atoms with E-state index in [0.717, 1.165) is 24.6 Å². The van der Waals surface area contributed by atoms with Gasteiger partial charge in [-0.2, -0.15) is 5.21 Å². The van der Waals surface area contributed by atoms with Crippen LogP contribution >= 0.6 is 0 Å². The van der Waals surface area contributed by atoms with Crippen molar-refractivity contribution in [2.24, 2.45) is 4.99 Å². The summed E-state index contributed by atoms with van der Waals surface area (Å²) >= 11 is 0. The summed E-state index contributed by atoms with van der Waals surface area (Å²) in [7, 11) is 0. The predicted molar refractivity (Wildman–Crippen MR) is 63.5 cm³/mol. The molecule has 1 aromatic rings. The molecule has 0 saturated carbocycles. The summed E-state index contributed by atoms with van der Waals surface area (Å²) < 4.78 is 0. The van der Waals surface area contributed by atoms with Crippen molar-refractivity contribution < 1.29 is 0 Å². The van der Waals surface area contributed by atoms with Crippen molar-refractivity contribution in [1.29, 1.82) is 0 Å². The third-order valence-electron chi connectivity index (χ3n) is 3.75.